The van der Waals surface area contributed by atoms with Gasteiger partial charge in [0.2, 0.25) is 0 Å². The van der Waals surface area contributed by atoms with Gasteiger partial charge >= 0.3 is 0 Å². The van der Waals surface area contributed by atoms with Crippen molar-refractivity contribution in [1.82, 2.24) is 0 Å². The summed E-state index contributed by atoms with van der Waals surface area (Å²) in [7, 11) is 0. The van der Waals surface area contributed by atoms with Crippen LogP contribution in [-0.4, -0.2) is 29.0 Å². The smallest absolute Gasteiger partial charge is 0.119 e. The molecule has 0 aliphatic carbocycles. The molecule has 0 spiro atoms. The van der Waals surface area contributed by atoms with Gasteiger partial charge in [0.1, 0.15) is 5.75 Å². The van der Waals surface area contributed by atoms with Crippen LogP contribution in [0.1, 0.15) is 37.0 Å². The zero-order valence-corrected chi connectivity index (χ0v) is 11.7. The summed E-state index contributed by atoms with van der Waals surface area (Å²) in [6.45, 7) is 8.36. The van der Waals surface area contributed by atoms with Gasteiger partial charge in [-0.05, 0) is 69.4 Å². The number of aliphatic hydroxyl groups excluding tert-OH is 2. The number of rotatable bonds is 6. The SMILES string of the molecule is CCOc1cc(C)c(CCC(O)C(C)O)c(C)c1. The molecule has 2 N–H and O–H groups in total. The minimum atomic E-state index is -0.673. The lowest BCUT2D eigenvalue weighted by Crippen LogP contribution is -2.23. The van der Waals surface area contributed by atoms with Gasteiger partial charge < -0.3 is 14.9 Å². The standard InChI is InChI=1S/C15H24O3/c1-5-18-13-8-10(2)14(11(3)9-13)6-7-15(17)12(4)16/h8-9,12,15-17H,5-7H2,1-4H3. The van der Waals surface area contributed by atoms with Gasteiger partial charge in [0, 0.05) is 0 Å². The van der Waals surface area contributed by atoms with Crippen LogP contribution in [0.4, 0.5) is 0 Å². The van der Waals surface area contributed by atoms with Gasteiger partial charge in [-0.15, -0.1) is 0 Å². The van der Waals surface area contributed by atoms with Crippen molar-refractivity contribution in [2.45, 2.75) is 52.7 Å². The van der Waals surface area contributed by atoms with Crippen molar-refractivity contribution in [3.63, 3.8) is 0 Å². The number of aryl methyl sites for hydroxylation is 2. The first-order chi connectivity index (χ1) is 8.45. The van der Waals surface area contributed by atoms with Crippen molar-refractivity contribution < 1.29 is 14.9 Å². The molecular formula is C15H24O3. The summed E-state index contributed by atoms with van der Waals surface area (Å²) in [4.78, 5) is 0. The van der Waals surface area contributed by atoms with Crippen molar-refractivity contribution in [1.29, 1.82) is 0 Å². The fourth-order valence-corrected chi connectivity index (χ4v) is 2.13. The van der Waals surface area contributed by atoms with Gasteiger partial charge in [0.05, 0.1) is 18.8 Å². The third-order valence-electron chi connectivity index (χ3n) is 3.23. The van der Waals surface area contributed by atoms with E-state index in [1.807, 2.05) is 19.1 Å². The predicted octanol–water partition coefficient (Wildman–Crippen LogP) is 2.38. The molecule has 18 heavy (non-hydrogen) atoms. The number of ether oxygens (including phenoxy) is 1. The van der Waals surface area contributed by atoms with Crippen LogP contribution < -0.4 is 4.74 Å². The Bertz CT molecular complexity index is 362. The molecule has 1 rings (SSSR count). The summed E-state index contributed by atoms with van der Waals surface area (Å²) in [5.74, 6) is 0.896. The Labute approximate surface area is 109 Å². The highest BCUT2D eigenvalue weighted by Crippen LogP contribution is 2.23. The minimum absolute atomic E-state index is 0.577. The number of aliphatic hydroxyl groups is 2. The van der Waals surface area contributed by atoms with E-state index in [0.717, 1.165) is 12.2 Å². The van der Waals surface area contributed by atoms with Crippen molar-refractivity contribution in [3.05, 3.63) is 28.8 Å². The molecule has 1 aromatic rings. The molecule has 0 saturated heterocycles. The summed E-state index contributed by atoms with van der Waals surface area (Å²) >= 11 is 0. The van der Waals surface area contributed by atoms with Crippen molar-refractivity contribution >= 4 is 0 Å². The van der Waals surface area contributed by atoms with Crippen LogP contribution in [0.5, 0.6) is 5.75 Å². The Kier molecular flexibility index (Phi) is 5.63. The monoisotopic (exact) mass is 252 g/mol. The van der Waals surface area contributed by atoms with Crippen LogP contribution in [0.3, 0.4) is 0 Å². The molecular weight excluding hydrogens is 228 g/mol. The maximum atomic E-state index is 9.63. The summed E-state index contributed by atoms with van der Waals surface area (Å²) in [6, 6.07) is 4.06. The first-order valence-electron chi connectivity index (χ1n) is 6.54. The molecule has 3 heteroatoms. The second kappa shape index (κ2) is 6.76. The van der Waals surface area contributed by atoms with Gasteiger partial charge in [0.25, 0.3) is 0 Å². The Morgan fingerprint density at radius 2 is 1.72 bits per heavy atom. The molecule has 0 radical (unpaired) electrons. The van der Waals surface area contributed by atoms with E-state index < -0.39 is 12.2 Å². The summed E-state index contributed by atoms with van der Waals surface area (Å²) in [5.41, 5.74) is 3.59. The molecule has 0 fully saturated rings. The van der Waals surface area contributed by atoms with Crippen LogP contribution in [0.2, 0.25) is 0 Å². The molecule has 0 saturated carbocycles. The lowest BCUT2D eigenvalue weighted by molar-refractivity contribution is 0.0265. The van der Waals surface area contributed by atoms with E-state index in [1.54, 1.807) is 6.92 Å². The van der Waals surface area contributed by atoms with E-state index >= 15 is 0 Å². The summed E-state index contributed by atoms with van der Waals surface area (Å²) in [5, 5.41) is 18.9. The molecule has 102 valence electrons. The van der Waals surface area contributed by atoms with Gasteiger partial charge in [0.15, 0.2) is 0 Å². The van der Waals surface area contributed by atoms with Gasteiger partial charge in [-0.1, -0.05) is 0 Å². The zero-order valence-electron chi connectivity index (χ0n) is 11.7. The highest BCUT2D eigenvalue weighted by molar-refractivity contribution is 5.41. The molecule has 0 heterocycles. The van der Waals surface area contributed by atoms with E-state index in [4.69, 9.17) is 4.74 Å². The van der Waals surface area contributed by atoms with E-state index in [-0.39, 0.29) is 0 Å². The summed E-state index contributed by atoms with van der Waals surface area (Å²) in [6.07, 6.45) is 0.0207. The van der Waals surface area contributed by atoms with Crippen molar-refractivity contribution in [3.8, 4) is 5.75 Å². The van der Waals surface area contributed by atoms with Crippen LogP contribution >= 0.6 is 0 Å². The highest BCUT2D eigenvalue weighted by Gasteiger charge is 2.13. The molecule has 2 atom stereocenters. The molecule has 2 unspecified atom stereocenters. The molecule has 0 aliphatic rings. The molecule has 0 amide bonds. The van der Waals surface area contributed by atoms with Crippen molar-refractivity contribution in [2.24, 2.45) is 0 Å². The third kappa shape index (κ3) is 4.00. The molecule has 0 bridgehead atoms. The van der Waals surface area contributed by atoms with Crippen LogP contribution in [0, 0.1) is 13.8 Å². The molecule has 3 nitrogen and oxygen atoms in total. The van der Waals surface area contributed by atoms with E-state index in [2.05, 4.69) is 13.8 Å². The Balaban J connectivity index is 2.77. The van der Waals surface area contributed by atoms with Crippen LogP contribution in [0.25, 0.3) is 0 Å². The van der Waals surface area contributed by atoms with Crippen molar-refractivity contribution in [2.75, 3.05) is 6.61 Å². The Hall–Kier alpha value is -1.06. The fraction of sp³-hybridized carbons (Fsp3) is 0.600. The van der Waals surface area contributed by atoms with E-state index in [0.29, 0.717) is 13.0 Å². The highest BCUT2D eigenvalue weighted by atomic mass is 16.5. The third-order valence-corrected chi connectivity index (χ3v) is 3.23. The Morgan fingerprint density at radius 3 is 2.17 bits per heavy atom. The quantitative estimate of drug-likeness (QED) is 0.817. The minimum Gasteiger partial charge on any atom is -0.494 e. The lowest BCUT2D eigenvalue weighted by Gasteiger charge is -2.16. The van der Waals surface area contributed by atoms with Crippen LogP contribution in [0.15, 0.2) is 12.1 Å². The largest absolute Gasteiger partial charge is 0.494 e. The molecule has 1 aromatic carbocycles. The maximum Gasteiger partial charge on any atom is 0.119 e. The molecule has 0 aromatic heterocycles. The average Bonchev–Trinajstić information content (AvgIpc) is 2.27. The number of benzene rings is 1. The first-order valence-corrected chi connectivity index (χ1v) is 6.54. The second-order valence-corrected chi connectivity index (χ2v) is 4.82. The fourth-order valence-electron chi connectivity index (χ4n) is 2.13. The molecule has 0 aliphatic heterocycles. The number of hydrogen-bond donors (Lipinski definition) is 2. The normalized spacial score (nSPS) is 14.3. The maximum absolute atomic E-state index is 9.63. The summed E-state index contributed by atoms with van der Waals surface area (Å²) < 4.78 is 5.50. The average molecular weight is 252 g/mol. The topological polar surface area (TPSA) is 49.7 Å². The predicted molar refractivity (Wildman–Crippen MR) is 73.1 cm³/mol. The van der Waals surface area contributed by atoms with E-state index in [1.165, 1.54) is 16.7 Å². The lowest BCUT2D eigenvalue weighted by atomic mass is 9.96. The first kappa shape index (κ1) is 15.0. The van der Waals surface area contributed by atoms with E-state index in [9.17, 15) is 10.2 Å². The number of hydrogen-bond acceptors (Lipinski definition) is 3. The van der Waals surface area contributed by atoms with Crippen LogP contribution in [-0.2, 0) is 6.42 Å². The Morgan fingerprint density at radius 1 is 1.17 bits per heavy atom. The second-order valence-electron chi connectivity index (χ2n) is 4.82. The van der Waals surface area contributed by atoms with Gasteiger partial charge in [-0.2, -0.15) is 0 Å². The van der Waals surface area contributed by atoms with Gasteiger partial charge in [-0.25, -0.2) is 0 Å². The van der Waals surface area contributed by atoms with Gasteiger partial charge in [-0.3, -0.25) is 0 Å². The zero-order chi connectivity index (χ0) is 13.7.